The number of hydrogen-bond acceptors (Lipinski definition) is 6. The quantitative estimate of drug-likeness (QED) is 0.368. The van der Waals surface area contributed by atoms with Gasteiger partial charge in [0.05, 0.1) is 26.9 Å². The molecular weight excluding hydrogens is 540 g/mol. The molecule has 7 nitrogen and oxygen atoms in total. The van der Waals surface area contributed by atoms with Gasteiger partial charge in [-0.05, 0) is 54.1 Å². The Morgan fingerprint density at radius 2 is 1.51 bits per heavy atom. The molecule has 0 saturated carbocycles. The van der Waals surface area contributed by atoms with Gasteiger partial charge in [-0.2, -0.15) is 13.2 Å². The Morgan fingerprint density at radius 3 is 2.03 bits per heavy atom. The summed E-state index contributed by atoms with van der Waals surface area (Å²) in [6.45, 7) is 0. The molecule has 0 bridgehead atoms. The molecule has 1 fully saturated rings. The number of carbonyl (C=O) groups is 2. The van der Waals surface area contributed by atoms with Gasteiger partial charge in [-0.25, -0.2) is 4.39 Å². The third-order valence-corrected chi connectivity index (χ3v) is 7.41. The van der Waals surface area contributed by atoms with E-state index in [1.165, 1.54) is 86.5 Å². The number of hydrogen-bond donors (Lipinski definition) is 1. The molecule has 12 heteroatoms. The fourth-order valence-electron chi connectivity index (χ4n) is 4.16. The summed E-state index contributed by atoms with van der Waals surface area (Å²) in [4.78, 5) is 28.6. The third-order valence-electron chi connectivity index (χ3n) is 6.08. The smallest absolute Gasteiger partial charge is 0.416 e. The lowest BCUT2D eigenvalue weighted by molar-refractivity contribution is -0.137. The van der Waals surface area contributed by atoms with Crippen LogP contribution in [0.2, 0.25) is 0 Å². The molecule has 1 saturated heterocycles. The number of nitrogens with zero attached hydrogens (tertiary/aromatic N) is 1. The van der Waals surface area contributed by atoms with Crippen LogP contribution in [0, 0.1) is 5.82 Å². The highest BCUT2D eigenvalue weighted by atomic mass is 32.2. The maximum atomic E-state index is 14.0. The van der Waals surface area contributed by atoms with Crippen molar-refractivity contribution < 1.29 is 41.4 Å². The van der Waals surface area contributed by atoms with E-state index in [2.05, 4.69) is 5.32 Å². The second kappa shape index (κ2) is 11.4. The average molecular weight is 565 g/mol. The molecule has 0 radical (unpaired) electrons. The molecule has 39 heavy (non-hydrogen) atoms. The van der Waals surface area contributed by atoms with Crippen LogP contribution in [0.3, 0.4) is 0 Å². The first-order valence-electron chi connectivity index (χ1n) is 11.5. The van der Waals surface area contributed by atoms with Crippen LogP contribution >= 0.6 is 11.8 Å². The number of benzene rings is 3. The lowest BCUT2D eigenvalue weighted by atomic mass is 10.1. The molecule has 206 valence electrons. The zero-order chi connectivity index (χ0) is 28.3. The van der Waals surface area contributed by atoms with E-state index in [0.29, 0.717) is 11.3 Å². The Kier molecular flexibility index (Phi) is 8.24. The van der Waals surface area contributed by atoms with Gasteiger partial charge in [-0.3, -0.25) is 9.59 Å². The van der Waals surface area contributed by atoms with Gasteiger partial charge in [-0.1, -0.05) is 12.1 Å². The molecule has 3 aromatic carbocycles. The Bertz CT molecular complexity index is 1320. The third kappa shape index (κ3) is 5.90. The van der Waals surface area contributed by atoms with E-state index >= 15 is 0 Å². The number of anilines is 1. The lowest BCUT2D eigenvalue weighted by Crippen LogP contribution is -2.45. The van der Waals surface area contributed by atoms with Gasteiger partial charge >= 0.3 is 6.18 Å². The van der Waals surface area contributed by atoms with Crippen LogP contribution in [0.25, 0.3) is 0 Å². The molecule has 1 aliphatic rings. The zero-order valence-electron chi connectivity index (χ0n) is 21.0. The van der Waals surface area contributed by atoms with Gasteiger partial charge in [-0.15, -0.1) is 11.8 Å². The highest BCUT2D eigenvalue weighted by Gasteiger charge is 2.43. The Labute approximate surface area is 226 Å². The summed E-state index contributed by atoms with van der Waals surface area (Å²) in [5.74, 6) is -0.749. The normalized spacial score (nSPS) is 17.1. The Morgan fingerprint density at radius 1 is 0.923 bits per heavy atom. The van der Waals surface area contributed by atoms with Crippen molar-refractivity contribution in [3.63, 3.8) is 0 Å². The lowest BCUT2D eigenvalue weighted by Gasteiger charge is -2.29. The summed E-state index contributed by atoms with van der Waals surface area (Å²) in [6.07, 6.45) is -4.52. The average Bonchev–Trinajstić information content (AvgIpc) is 3.38. The Balaban J connectivity index is 1.73. The van der Waals surface area contributed by atoms with Crippen molar-refractivity contribution in [2.24, 2.45) is 0 Å². The molecule has 2 amide bonds. The Hall–Kier alpha value is -3.93. The summed E-state index contributed by atoms with van der Waals surface area (Å²) in [7, 11) is 4.19. The highest BCUT2D eigenvalue weighted by molar-refractivity contribution is 7.99. The number of ether oxygens (including phenoxy) is 3. The molecule has 0 spiro atoms. The number of carbonyl (C=O) groups excluding carboxylic acids is 2. The van der Waals surface area contributed by atoms with Crippen LogP contribution in [0.4, 0.5) is 23.2 Å². The van der Waals surface area contributed by atoms with Crippen molar-refractivity contribution in [2.75, 3.05) is 32.4 Å². The second-order valence-corrected chi connectivity index (χ2v) is 9.56. The van der Waals surface area contributed by atoms with E-state index in [9.17, 15) is 27.2 Å². The molecule has 0 aromatic heterocycles. The first-order chi connectivity index (χ1) is 18.6. The van der Waals surface area contributed by atoms with E-state index in [1.807, 2.05) is 0 Å². The van der Waals surface area contributed by atoms with Gasteiger partial charge < -0.3 is 24.4 Å². The van der Waals surface area contributed by atoms with Crippen molar-refractivity contribution in [1.82, 2.24) is 4.90 Å². The zero-order valence-corrected chi connectivity index (χ0v) is 21.9. The molecule has 0 aliphatic carbocycles. The maximum Gasteiger partial charge on any atom is 0.416 e. The van der Waals surface area contributed by atoms with Crippen LogP contribution in [-0.4, -0.2) is 49.8 Å². The standard InChI is InChI=1S/C27H24F4N2O5S/c1-36-21-12-16(13-22(37-2)23(21)38-3)25(35)33-20(24(34)32-19-10-8-18(28)9-11-19)14-39-26(33)15-4-6-17(7-5-15)27(29,30)31/h4-13,20,26H,14H2,1-3H3,(H,32,34). The van der Waals surface area contributed by atoms with Crippen molar-refractivity contribution >= 4 is 29.3 Å². The van der Waals surface area contributed by atoms with Crippen molar-refractivity contribution in [3.8, 4) is 17.2 Å². The van der Waals surface area contributed by atoms with E-state index in [4.69, 9.17) is 14.2 Å². The topological polar surface area (TPSA) is 77.1 Å². The van der Waals surface area contributed by atoms with Gasteiger partial charge in [0.2, 0.25) is 11.7 Å². The summed E-state index contributed by atoms with van der Waals surface area (Å²) in [5, 5.41) is 1.91. The minimum atomic E-state index is -4.52. The molecule has 1 aliphatic heterocycles. The highest BCUT2D eigenvalue weighted by Crippen LogP contribution is 2.45. The fourth-order valence-corrected chi connectivity index (χ4v) is 5.59. The van der Waals surface area contributed by atoms with Gasteiger partial charge in [0, 0.05) is 17.0 Å². The van der Waals surface area contributed by atoms with Gasteiger partial charge in [0.1, 0.15) is 17.2 Å². The largest absolute Gasteiger partial charge is 0.493 e. The minimum Gasteiger partial charge on any atom is -0.493 e. The number of nitrogens with one attached hydrogen (secondary N) is 1. The summed E-state index contributed by atoms with van der Waals surface area (Å²) >= 11 is 1.23. The molecule has 1 heterocycles. The number of rotatable bonds is 7. The first-order valence-corrected chi connectivity index (χ1v) is 12.6. The SMILES string of the molecule is COc1cc(C(=O)N2C(C(=O)Nc3ccc(F)cc3)CSC2c2ccc(C(F)(F)F)cc2)cc(OC)c1OC. The number of halogens is 4. The van der Waals surface area contributed by atoms with Crippen LogP contribution in [0.1, 0.15) is 26.9 Å². The van der Waals surface area contributed by atoms with Crippen LogP contribution in [0.15, 0.2) is 60.7 Å². The number of methoxy groups -OCH3 is 3. The predicted molar refractivity (Wildman–Crippen MR) is 138 cm³/mol. The number of alkyl halides is 3. The monoisotopic (exact) mass is 564 g/mol. The fraction of sp³-hybridized carbons (Fsp3) is 0.259. The minimum absolute atomic E-state index is 0.114. The van der Waals surface area contributed by atoms with Crippen molar-refractivity contribution in [2.45, 2.75) is 17.6 Å². The second-order valence-electron chi connectivity index (χ2n) is 8.44. The molecule has 1 N–H and O–H groups in total. The number of amides is 2. The molecule has 3 aromatic rings. The van der Waals surface area contributed by atoms with Crippen molar-refractivity contribution in [1.29, 1.82) is 0 Å². The first kappa shape index (κ1) is 28.1. The van der Waals surface area contributed by atoms with E-state index in [0.717, 1.165) is 12.1 Å². The van der Waals surface area contributed by atoms with Crippen LogP contribution < -0.4 is 19.5 Å². The summed E-state index contributed by atoms with van der Waals surface area (Å²) < 4.78 is 68.8. The molecule has 4 rings (SSSR count). The molecule has 2 atom stereocenters. The molecular formula is C27H24F4N2O5S. The van der Waals surface area contributed by atoms with Crippen LogP contribution in [0.5, 0.6) is 17.2 Å². The van der Waals surface area contributed by atoms with E-state index in [-0.39, 0.29) is 28.6 Å². The summed E-state index contributed by atoms with van der Waals surface area (Å²) in [6, 6.07) is 11.4. The van der Waals surface area contributed by atoms with Gasteiger partial charge in [0.15, 0.2) is 11.5 Å². The van der Waals surface area contributed by atoms with E-state index in [1.54, 1.807) is 0 Å². The predicted octanol–water partition coefficient (Wildman–Crippen LogP) is 5.77. The van der Waals surface area contributed by atoms with Crippen LogP contribution in [-0.2, 0) is 11.0 Å². The maximum absolute atomic E-state index is 14.0. The summed E-state index contributed by atoms with van der Waals surface area (Å²) in [5.41, 5.74) is 0.0151. The molecule has 2 unspecified atom stereocenters. The van der Waals surface area contributed by atoms with Gasteiger partial charge in [0.25, 0.3) is 5.91 Å². The van der Waals surface area contributed by atoms with E-state index < -0.39 is 40.8 Å². The number of thioether (sulfide) groups is 1. The van der Waals surface area contributed by atoms with Crippen molar-refractivity contribution in [3.05, 3.63) is 83.2 Å².